The van der Waals surface area contributed by atoms with Gasteiger partial charge >= 0.3 is 0 Å². The number of hydrogen-bond acceptors (Lipinski definition) is 8. The van der Waals surface area contributed by atoms with Gasteiger partial charge in [0.2, 0.25) is 11.9 Å². The van der Waals surface area contributed by atoms with Gasteiger partial charge in [0.05, 0.1) is 13.2 Å². The maximum absolute atomic E-state index is 12.7. The maximum atomic E-state index is 12.7. The lowest BCUT2D eigenvalue weighted by molar-refractivity contribution is -0.116. The Morgan fingerprint density at radius 3 is 2.90 bits per heavy atom. The van der Waals surface area contributed by atoms with Gasteiger partial charge in [0.25, 0.3) is 5.56 Å². The zero-order valence-corrected chi connectivity index (χ0v) is 16.7. The number of nitrogens with one attached hydrogen (secondary N) is 1. The fraction of sp³-hybridized carbons (Fsp3) is 0.316. The van der Waals surface area contributed by atoms with Crippen molar-refractivity contribution < 1.29 is 9.53 Å². The summed E-state index contributed by atoms with van der Waals surface area (Å²) in [5.74, 6) is 0.217. The number of morpholine rings is 1. The SMILES string of the molecule is CSc1cccc(NC(=O)Cn2cnc3nc(N4CCOCC4)ncc3c2=O)c1. The molecule has 150 valence electrons. The molecule has 0 unspecified atom stereocenters. The minimum atomic E-state index is -0.350. The van der Waals surface area contributed by atoms with E-state index in [4.69, 9.17) is 4.74 Å². The molecule has 1 saturated heterocycles. The number of thioether (sulfide) groups is 1. The molecule has 0 aliphatic carbocycles. The Hall–Kier alpha value is -2.98. The minimum absolute atomic E-state index is 0.142. The normalized spacial score (nSPS) is 14.2. The predicted octanol–water partition coefficient (Wildman–Crippen LogP) is 1.38. The van der Waals surface area contributed by atoms with Crippen LogP contribution in [0.3, 0.4) is 0 Å². The van der Waals surface area contributed by atoms with Crippen LogP contribution in [0.25, 0.3) is 11.0 Å². The lowest BCUT2D eigenvalue weighted by Gasteiger charge is -2.26. The van der Waals surface area contributed by atoms with Crippen LogP contribution in [0, 0.1) is 0 Å². The third kappa shape index (κ3) is 4.38. The van der Waals surface area contributed by atoms with Gasteiger partial charge in [0.15, 0.2) is 5.65 Å². The summed E-state index contributed by atoms with van der Waals surface area (Å²) >= 11 is 1.59. The number of rotatable bonds is 5. The molecular formula is C19H20N6O3S. The fourth-order valence-corrected chi connectivity index (χ4v) is 3.49. The Morgan fingerprint density at radius 2 is 2.10 bits per heavy atom. The van der Waals surface area contributed by atoms with Gasteiger partial charge in [-0.2, -0.15) is 4.98 Å². The van der Waals surface area contributed by atoms with Gasteiger partial charge in [-0.05, 0) is 24.5 Å². The van der Waals surface area contributed by atoms with Crippen LogP contribution in [0.5, 0.6) is 0 Å². The van der Waals surface area contributed by atoms with Crippen LogP contribution in [-0.4, -0.2) is 58.0 Å². The lowest BCUT2D eigenvalue weighted by atomic mass is 10.3. The van der Waals surface area contributed by atoms with Gasteiger partial charge in [-0.15, -0.1) is 11.8 Å². The highest BCUT2D eigenvalue weighted by molar-refractivity contribution is 7.98. The molecule has 0 bridgehead atoms. The predicted molar refractivity (Wildman–Crippen MR) is 111 cm³/mol. The van der Waals surface area contributed by atoms with Crippen molar-refractivity contribution in [3.63, 3.8) is 0 Å². The van der Waals surface area contributed by atoms with Crippen LogP contribution >= 0.6 is 11.8 Å². The van der Waals surface area contributed by atoms with E-state index in [9.17, 15) is 9.59 Å². The van der Waals surface area contributed by atoms with Gasteiger partial charge in [-0.3, -0.25) is 14.2 Å². The summed E-state index contributed by atoms with van der Waals surface area (Å²) in [6, 6.07) is 7.52. The van der Waals surface area contributed by atoms with E-state index < -0.39 is 0 Å². The monoisotopic (exact) mass is 412 g/mol. The molecule has 10 heteroatoms. The number of ether oxygens (including phenoxy) is 1. The van der Waals surface area contributed by atoms with E-state index in [0.29, 0.717) is 43.6 Å². The number of nitrogens with zero attached hydrogens (tertiary/aromatic N) is 5. The van der Waals surface area contributed by atoms with Crippen molar-refractivity contribution in [3.05, 3.63) is 47.1 Å². The smallest absolute Gasteiger partial charge is 0.264 e. The average Bonchev–Trinajstić information content (AvgIpc) is 2.76. The highest BCUT2D eigenvalue weighted by Crippen LogP contribution is 2.19. The van der Waals surface area contributed by atoms with Crippen LogP contribution in [0.1, 0.15) is 0 Å². The van der Waals surface area contributed by atoms with Crippen molar-refractivity contribution in [1.29, 1.82) is 0 Å². The molecule has 29 heavy (non-hydrogen) atoms. The number of fused-ring (bicyclic) bond motifs is 1. The first-order valence-electron chi connectivity index (χ1n) is 9.13. The first-order valence-corrected chi connectivity index (χ1v) is 10.4. The molecule has 1 fully saturated rings. The molecule has 0 radical (unpaired) electrons. The maximum Gasteiger partial charge on any atom is 0.264 e. The number of aromatic nitrogens is 4. The van der Waals surface area contributed by atoms with Crippen LogP contribution in [-0.2, 0) is 16.1 Å². The van der Waals surface area contributed by atoms with Crippen molar-refractivity contribution in [2.45, 2.75) is 11.4 Å². The molecule has 0 saturated carbocycles. The summed E-state index contributed by atoms with van der Waals surface area (Å²) in [5.41, 5.74) is 0.648. The lowest BCUT2D eigenvalue weighted by Crippen LogP contribution is -2.37. The number of carbonyl (C=O) groups is 1. The molecule has 0 atom stereocenters. The van der Waals surface area contributed by atoms with Gasteiger partial charge in [-0.1, -0.05) is 6.07 Å². The van der Waals surface area contributed by atoms with E-state index in [1.165, 1.54) is 17.1 Å². The number of benzene rings is 1. The summed E-state index contributed by atoms with van der Waals surface area (Å²) in [5, 5.41) is 3.08. The number of hydrogen-bond donors (Lipinski definition) is 1. The van der Waals surface area contributed by atoms with Crippen molar-refractivity contribution in [2.75, 3.05) is 42.8 Å². The summed E-state index contributed by atoms with van der Waals surface area (Å²) < 4.78 is 6.59. The Kier molecular flexibility index (Phi) is 5.72. The highest BCUT2D eigenvalue weighted by atomic mass is 32.2. The third-order valence-corrected chi connectivity index (χ3v) is 5.25. The van der Waals surface area contributed by atoms with Crippen LogP contribution in [0.4, 0.5) is 11.6 Å². The Balaban J connectivity index is 1.52. The number of anilines is 2. The van der Waals surface area contributed by atoms with Crippen molar-refractivity contribution in [1.82, 2.24) is 19.5 Å². The molecule has 1 amide bonds. The molecule has 9 nitrogen and oxygen atoms in total. The fourth-order valence-electron chi connectivity index (χ4n) is 3.03. The third-order valence-electron chi connectivity index (χ3n) is 4.53. The van der Waals surface area contributed by atoms with Crippen LogP contribution in [0.2, 0.25) is 0 Å². The summed E-state index contributed by atoms with van der Waals surface area (Å²) in [6.07, 6.45) is 4.78. The minimum Gasteiger partial charge on any atom is -0.378 e. The Morgan fingerprint density at radius 1 is 1.28 bits per heavy atom. The molecule has 1 aliphatic rings. The van der Waals surface area contributed by atoms with Gasteiger partial charge < -0.3 is 15.0 Å². The first-order chi connectivity index (χ1) is 14.1. The average molecular weight is 412 g/mol. The van der Waals surface area contributed by atoms with E-state index in [2.05, 4.69) is 20.3 Å². The van der Waals surface area contributed by atoms with Gasteiger partial charge in [0.1, 0.15) is 18.3 Å². The Bertz CT molecular complexity index is 1100. The number of carbonyl (C=O) groups excluding carboxylic acids is 1. The number of amides is 1. The van der Waals surface area contributed by atoms with Crippen LogP contribution < -0.4 is 15.8 Å². The molecule has 0 spiro atoms. The van der Waals surface area contributed by atoms with Crippen molar-refractivity contribution in [3.8, 4) is 0 Å². The Labute approximate surface area is 171 Å². The summed E-state index contributed by atoms with van der Waals surface area (Å²) in [7, 11) is 0. The summed E-state index contributed by atoms with van der Waals surface area (Å²) in [6.45, 7) is 2.48. The molecule has 1 aliphatic heterocycles. The van der Waals surface area contributed by atoms with Gasteiger partial charge in [-0.25, -0.2) is 9.97 Å². The van der Waals surface area contributed by atoms with E-state index in [0.717, 1.165) is 4.90 Å². The first kappa shape index (κ1) is 19.3. The molecule has 3 aromatic rings. The molecular weight excluding hydrogens is 392 g/mol. The van der Waals surface area contributed by atoms with Gasteiger partial charge in [0, 0.05) is 29.9 Å². The second-order valence-corrected chi connectivity index (χ2v) is 7.34. The molecule has 3 heterocycles. The quantitative estimate of drug-likeness (QED) is 0.627. The largest absolute Gasteiger partial charge is 0.378 e. The summed E-state index contributed by atoms with van der Waals surface area (Å²) in [4.78, 5) is 41.1. The molecule has 4 rings (SSSR count). The second kappa shape index (κ2) is 8.58. The van der Waals surface area contributed by atoms with Crippen LogP contribution in [0.15, 0.2) is 46.5 Å². The van der Waals surface area contributed by atoms with E-state index >= 15 is 0 Å². The topological polar surface area (TPSA) is 102 Å². The van der Waals surface area contributed by atoms with E-state index in [1.54, 1.807) is 17.8 Å². The zero-order chi connectivity index (χ0) is 20.2. The standard InChI is InChI=1S/C19H20N6O3S/c1-29-14-4-2-3-13(9-14)22-16(26)11-25-12-21-17-15(18(25)27)10-20-19(23-17)24-5-7-28-8-6-24/h2-4,9-10,12H,5-8,11H2,1H3,(H,22,26). The van der Waals surface area contributed by atoms with E-state index in [1.807, 2.05) is 29.4 Å². The van der Waals surface area contributed by atoms with E-state index in [-0.39, 0.29) is 23.4 Å². The van der Waals surface area contributed by atoms with Crippen molar-refractivity contribution >= 4 is 40.3 Å². The highest BCUT2D eigenvalue weighted by Gasteiger charge is 2.16. The zero-order valence-electron chi connectivity index (χ0n) is 15.9. The van der Waals surface area contributed by atoms with Crippen molar-refractivity contribution in [2.24, 2.45) is 0 Å². The molecule has 2 aromatic heterocycles. The molecule has 1 N–H and O–H groups in total. The second-order valence-electron chi connectivity index (χ2n) is 6.46. The molecule has 1 aromatic carbocycles.